The highest BCUT2D eigenvalue weighted by atomic mass is 32.2. The first-order valence-electron chi connectivity index (χ1n) is 9.82. The van der Waals surface area contributed by atoms with Gasteiger partial charge in [0, 0.05) is 17.8 Å². The van der Waals surface area contributed by atoms with Gasteiger partial charge in [0.2, 0.25) is 11.0 Å². The lowest BCUT2D eigenvalue weighted by atomic mass is 10.1. The summed E-state index contributed by atoms with van der Waals surface area (Å²) in [7, 11) is 0. The molecule has 2 amide bonds. The number of nitrogens with one attached hydrogen (secondary N) is 1. The highest BCUT2D eigenvalue weighted by Crippen LogP contribution is 2.30. The molecular weight excluding hydrogens is 428 g/mol. The number of anilines is 2. The third kappa shape index (κ3) is 4.17. The Balaban J connectivity index is 1.20. The highest BCUT2D eigenvalue weighted by molar-refractivity contribution is 8.01. The van der Waals surface area contributed by atoms with E-state index in [4.69, 9.17) is 0 Å². The molecule has 1 aliphatic heterocycles. The normalized spacial score (nSPS) is 12.7. The topological polar surface area (TPSA) is 75.2 Å². The van der Waals surface area contributed by atoms with Crippen LogP contribution in [0.5, 0.6) is 0 Å². The average molecular weight is 447 g/mol. The van der Waals surface area contributed by atoms with Gasteiger partial charge in [-0.1, -0.05) is 71.6 Å². The smallest absolute Gasteiger partial charge is 0.257 e. The summed E-state index contributed by atoms with van der Waals surface area (Å²) in [6.07, 6.45) is 0.885. The van der Waals surface area contributed by atoms with Gasteiger partial charge in [0.15, 0.2) is 4.34 Å². The molecule has 1 N–H and O–H groups in total. The summed E-state index contributed by atoms with van der Waals surface area (Å²) in [5.74, 6) is 0.0943. The van der Waals surface area contributed by atoms with Crippen molar-refractivity contribution in [3.05, 3.63) is 77.9 Å². The van der Waals surface area contributed by atoms with Crippen LogP contribution in [0.2, 0.25) is 0 Å². The van der Waals surface area contributed by atoms with Crippen LogP contribution in [0.15, 0.2) is 71.1 Å². The van der Waals surface area contributed by atoms with Crippen molar-refractivity contribution in [1.29, 1.82) is 0 Å². The largest absolute Gasteiger partial charge is 0.311 e. The van der Waals surface area contributed by atoms with Crippen LogP contribution in [0, 0.1) is 0 Å². The zero-order valence-electron chi connectivity index (χ0n) is 16.4. The number of fused-ring (bicyclic) bond motifs is 2. The Morgan fingerprint density at radius 3 is 2.71 bits per heavy atom. The molecule has 0 atom stereocenters. The second-order valence-corrected chi connectivity index (χ2v) is 9.30. The summed E-state index contributed by atoms with van der Waals surface area (Å²) in [4.78, 5) is 27.1. The van der Waals surface area contributed by atoms with Crippen LogP contribution >= 0.6 is 23.1 Å². The van der Waals surface area contributed by atoms with Crippen molar-refractivity contribution in [2.45, 2.75) is 10.8 Å². The first kappa shape index (κ1) is 19.7. The number of aromatic nitrogens is 2. The van der Waals surface area contributed by atoms with E-state index in [1.807, 2.05) is 59.5 Å². The number of amides is 2. The van der Waals surface area contributed by atoms with Crippen molar-refractivity contribution in [3.8, 4) is 0 Å². The molecule has 31 heavy (non-hydrogen) atoms. The fourth-order valence-corrected chi connectivity index (χ4v) is 5.24. The van der Waals surface area contributed by atoms with Gasteiger partial charge in [-0.2, -0.15) is 0 Å². The SMILES string of the molecule is O=C(Nc1nnc(SCC(=O)N2CCc3ccccc32)s1)c1ccc2ccccc2c1. The molecule has 0 unspecified atom stereocenters. The van der Waals surface area contributed by atoms with Gasteiger partial charge in [-0.15, -0.1) is 10.2 Å². The Kier molecular flexibility index (Phi) is 5.40. The zero-order chi connectivity index (χ0) is 21.2. The van der Waals surface area contributed by atoms with Gasteiger partial charge in [-0.3, -0.25) is 14.9 Å². The van der Waals surface area contributed by atoms with Crippen molar-refractivity contribution < 1.29 is 9.59 Å². The fourth-order valence-electron chi connectivity index (χ4n) is 3.62. The highest BCUT2D eigenvalue weighted by Gasteiger charge is 2.24. The maximum atomic E-state index is 12.6. The third-order valence-corrected chi connectivity index (χ3v) is 7.10. The minimum Gasteiger partial charge on any atom is -0.311 e. The summed E-state index contributed by atoms with van der Waals surface area (Å²) in [6, 6.07) is 21.5. The van der Waals surface area contributed by atoms with E-state index in [9.17, 15) is 9.59 Å². The molecule has 0 aliphatic carbocycles. The van der Waals surface area contributed by atoms with Gasteiger partial charge in [-0.05, 0) is 41.0 Å². The van der Waals surface area contributed by atoms with Gasteiger partial charge in [0.1, 0.15) is 0 Å². The third-order valence-electron chi connectivity index (χ3n) is 5.15. The maximum Gasteiger partial charge on any atom is 0.257 e. The van der Waals surface area contributed by atoms with Gasteiger partial charge in [0.25, 0.3) is 5.91 Å². The molecule has 3 aromatic carbocycles. The van der Waals surface area contributed by atoms with Crippen LogP contribution in [-0.4, -0.2) is 34.3 Å². The number of hydrogen-bond acceptors (Lipinski definition) is 6. The molecule has 8 heteroatoms. The Morgan fingerprint density at radius 1 is 1.00 bits per heavy atom. The molecule has 1 aliphatic rings. The lowest BCUT2D eigenvalue weighted by molar-refractivity contribution is -0.116. The summed E-state index contributed by atoms with van der Waals surface area (Å²) in [5, 5.41) is 13.4. The Morgan fingerprint density at radius 2 is 1.81 bits per heavy atom. The quantitative estimate of drug-likeness (QED) is 0.357. The van der Waals surface area contributed by atoms with E-state index < -0.39 is 0 Å². The van der Waals surface area contributed by atoms with Crippen molar-refractivity contribution in [1.82, 2.24) is 10.2 Å². The molecule has 5 rings (SSSR count). The van der Waals surface area contributed by atoms with Crippen molar-refractivity contribution in [3.63, 3.8) is 0 Å². The summed E-state index contributed by atoms with van der Waals surface area (Å²) < 4.78 is 0.648. The molecular formula is C23H18N4O2S2. The minimum atomic E-state index is -0.233. The standard InChI is InChI=1S/C23H18N4O2S2/c28-20(27-12-11-16-6-3-4-8-19(16)27)14-30-23-26-25-22(31-23)24-21(29)18-10-9-15-5-1-2-7-17(15)13-18/h1-10,13H,11-12,14H2,(H,24,25,29). The number of para-hydroxylation sites is 1. The predicted octanol–water partition coefficient (Wildman–Crippen LogP) is 4.63. The van der Waals surface area contributed by atoms with E-state index >= 15 is 0 Å². The minimum absolute atomic E-state index is 0.0481. The Labute approximate surface area is 187 Å². The molecule has 0 radical (unpaired) electrons. The number of thioether (sulfide) groups is 1. The number of rotatable bonds is 5. The fraction of sp³-hybridized carbons (Fsp3) is 0.130. The molecule has 0 fully saturated rings. The lowest BCUT2D eigenvalue weighted by Gasteiger charge is -2.16. The van der Waals surface area contributed by atoms with Crippen molar-refractivity contribution in [2.75, 3.05) is 22.5 Å². The van der Waals surface area contributed by atoms with Gasteiger partial charge < -0.3 is 4.90 Å². The van der Waals surface area contributed by atoms with Crippen LogP contribution in [0.25, 0.3) is 10.8 Å². The van der Waals surface area contributed by atoms with Crippen molar-refractivity contribution in [2.24, 2.45) is 0 Å². The van der Waals surface area contributed by atoms with Crippen LogP contribution in [0.3, 0.4) is 0 Å². The van der Waals surface area contributed by atoms with Gasteiger partial charge >= 0.3 is 0 Å². The van der Waals surface area contributed by atoms with Gasteiger partial charge in [0.05, 0.1) is 5.75 Å². The Bertz CT molecular complexity index is 1290. The molecule has 0 saturated carbocycles. The number of benzene rings is 3. The van der Waals surface area contributed by atoms with E-state index in [0.717, 1.165) is 22.9 Å². The number of carbonyl (C=O) groups is 2. The molecule has 4 aromatic rings. The molecule has 154 valence electrons. The monoisotopic (exact) mass is 446 g/mol. The summed E-state index contributed by atoms with van der Waals surface area (Å²) in [5.41, 5.74) is 2.76. The number of carbonyl (C=O) groups excluding carboxylic acids is 2. The number of hydrogen-bond donors (Lipinski definition) is 1. The molecule has 6 nitrogen and oxygen atoms in total. The first-order valence-corrected chi connectivity index (χ1v) is 11.6. The molecule has 0 saturated heterocycles. The molecule has 1 aromatic heterocycles. The first-order chi connectivity index (χ1) is 15.2. The van der Waals surface area contributed by atoms with Crippen LogP contribution in [0.4, 0.5) is 10.8 Å². The van der Waals surface area contributed by atoms with E-state index in [1.165, 1.54) is 28.7 Å². The second kappa shape index (κ2) is 8.49. The maximum absolute atomic E-state index is 12.6. The zero-order valence-corrected chi connectivity index (χ0v) is 18.1. The second-order valence-electron chi connectivity index (χ2n) is 7.10. The van der Waals surface area contributed by atoms with E-state index in [-0.39, 0.29) is 17.6 Å². The van der Waals surface area contributed by atoms with E-state index in [2.05, 4.69) is 21.6 Å². The van der Waals surface area contributed by atoms with E-state index in [1.54, 1.807) is 6.07 Å². The molecule has 2 heterocycles. The molecule has 0 spiro atoms. The van der Waals surface area contributed by atoms with Crippen LogP contribution < -0.4 is 10.2 Å². The average Bonchev–Trinajstić information content (AvgIpc) is 3.44. The van der Waals surface area contributed by atoms with Crippen LogP contribution in [-0.2, 0) is 11.2 Å². The van der Waals surface area contributed by atoms with Crippen molar-refractivity contribution >= 4 is 56.5 Å². The molecule has 0 bridgehead atoms. The van der Waals surface area contributed by atoms with E-state index in [0.29, 0.717) is 21.6 Å². The summed E-state index contributed by atoms with van der Waals surface area (Å²) >= 11 is 2.61. The number of nitrogens with zero attached hydrogens (tertiary/aromatic N) is 3. The Hall–Kier alpha value is -3.23. The lowest BCUT2D eigenvalue weighted by Crippen LogP contribution is -2.30. The van der Waals surface area contributed by atoms with Gasteiger partial charge in [-0.25, -0.2) is 0 Å². The van der Waals surface area contributed by atoms with Crippen LogP contribution in [0.1, 0.15) is 15.9 Å². The predicted molar refractivity (Wildman–Crippen MR) is 125 cm³/mol. The summed E-state index contributed by atoms with van der Waals surface area (Å²) in [6.45, 7) is 0.710.